The molecule has 0 aliphatic carbocycles. The van der Waals surface area contributed by atoms with Gasteiger partial charge in [0.1, 0.15) is 5.82 Å². The second-order valence-corrected chi connectivity index (χ2v) is 5.37. The molecule has 116 valence electrons. The van der Waals surface area contributed by atoms with Crippen molar-refractivity contribution < 1.29 is 14.0 Å². The molecule has 0 aliphatic rings. The maximum Gasteiger partial charge on any atom is 0.296 e. The van der Waals surface area contributed by atoms with Gasteiger partial charge in [0.2, 0.25) is 0 Å². The molecule has 1 N–H and O–H groups in total. The van der Waals surface area contributed by atoms with E-state index in [1.54, 1.807) is 29.8 Å². The largest absolute Gasteiger partial charge is 0.350 e. The summed E-state index contributed by atoms with van der Waals surface area (Å²) in [6.45, 7) is 1.55. The zero-order chi connectivity index (χ0) is 16.6. The van der Waals surface area contributed by atoms with Crippen molar-refractivity contribution in [1.29, 1.82) is 0 Å². The number of Topliss-reactive ketones (excluding diaryl/α,β-unsaturated/α-hetero) is 1. The van der Waals surface area contributed by atoms with Crippen LogP contribution < -0.4 is 5.32 Å². The van der Waals surface area contributed by atoms with Gasteiger partial charge in [-0.3, -0.25) is 9.59 Å². The van der Waals surface area contributed by atoms with Gasteiger partial charge in [0.05, 0.1) is 5.56 Å². The van der Waals surface area contributed by atoms with Crippen LogP contribution in [0.25, 0.3) is 10.9 Å². The number of amides is 1. The van der Waals surface area contributed by atoms with Crippen molar-refractivity contribution in [3.63, 3.8) is 0 Å². The molecule has 0 atom stereocenters. The normalized spacial score (nSPS) is 10.7. The molecule has 0 fully saturated rings. The van der Waals surface area contributed by atoms with Crippen LogP contribution in [0, 0.1) is 12.7 Å². The van der Waals surface area contributed by atoms with Gasteiger partial charge in [-0.2, -0.15) is 0 Å². The Morgan fingerprint density at radius 2 is 1.83 bits per heavy atom. The Morgan fingerprint density at radius 1 is 1.09 bits per heavy atom. The van der Waals surface area contributed by atoms with Crippen LogP contribution in [0.4, 0.5) is 10.1 Å². The van der Waals surface area contributed by atoms with Gasteiger partial charge in [0, 0.05) is 35.4 Å². The minimum Gasteiger partial charge on any atom is -0.350 e. The maximum absolute atomic E-state index is 13.5. The predicted octanol–water partition coefficient (Wildman–Crippen LogP) is 3.45. The Labute approximate surface area is 132 Å². The average Bonchev–Trinajstić information content (AvgIpc) is 2.88. The number of anilines is 1. The fraction of sp³-hybridized carbons (Fsp3) is 0.111. The van der Waals surface area contributed by atoms with Crippen LogP contribution in [-0.4, -0.2) is 16.3 Å². The number of nitrogens with one attached hydrogen (secondary N) is 1. The molecule has 1 aromatic heterocycles. The number of para-hydroxylation sites is 1. The molecule has 0 saturated carbocycles. The first-order valence-electron chi connectivity index (χ1n) is 7.14. The first-order chi connectivity index (χ1) is 11.0. The Kier molecular flexibility index (Phi) is 3.70. The van der Waals surface area contributed by atoms with E-state index in [1.165, 1.54) is 12.1 Å². The minimum absolute atomic E-state index is 0.295. The molecule has 0 saturated heterocycles. The second-order valence-electron chi connectivity index (χ2n) is 5.37. The van der Waals surface area contributed by atoms with Crippen molar-refractivity contribution in [1.82, 2.24) is 4.57 Å². The van der Waals surface area contributed by atoms with E-state index in [-0.39, 0.29) is 0 Å². The number of carbonyl (C=O) groups excluding carboxylic acids is 2. The van der Waals surface area contributed by atoms with E-state index in [4.69, 9.17) is 0 Å². The van der Waals surface area contributed by atoms with Gasteiger partial charge in [0.25, 0.3) is 11.7 Å². The summed E-state index contributed by atoms with van der Waals surface area (Å²) in [5.41, 5.74) is 1.79. The van der Waals surface area contributed by atoms with Crippen LogP contribution in [0.3, 0.4) is 0 Å². The lowest BCUT2D eigenvalue weighted by molar-refractivity contribution is -0.112. The van der Waals surface area contributed by atoms with Crippen LogP contribution in [-0.2, 0) is 11.8 Å². The Bertz CT molecular complexity index is 928. The number of benzene rings is 2. The predicted molar refractivity (Wildman–Crippen MR) is 87.0 cm³/mol. The lowest BCUT2D eigenvalue weighted by atomic mass is 10.1. The van der Waals surface area contributed by atoms with Gasteiger partial charge in [0.15, 0.2) is 0 Å². The number of aromatic nitrogens is 1. The molecule has 0 spiro atoms. The topological polar surface area (TPSA) is 51.1 Å². The van der Waals surface area contributed by atoms with Crippen LogP contribution in [0.1, 0.15) is 15.9 Å². The third-order valence-electron chi connectivity index (χ3n) is 3.86. The lowest BCUT2D eigenvalue weighted by Crippen LogP contribution is -2.23. The van der Waals surface area contributed by atoms with E-state index in [0.717, 1.165) is 5.52 Å². The summed E-state index contributed by atoms with van der Waals surface area (Å²) in [5, 5.41) is 3.20. The number of carbonyl (C=O) groups is 2. The number of halogens is 1. The summed E-state index contributed by atoms with van der Waals surface area (Å²) < 4.78 is 15.3. The lowest BCUT2D eigenvalue weighted by Gasteiger charge is -2.07. The number of nitrogens with zero attached hydrogens (tertiary/aromatic N) is 1. The van der Waals surface area contributed by atoms with Gasteiger partial charge in [-0.25, -0.2) is 4.39 Å². The Morgan fingerprint density at radius 3 is 2.61 bits per heavy atom. The molecule has 23 heavy (non-hydrogen) atoms. The first kappa shape index (κ1) is 15.0. The van der Waals surface area contributed by atoms with Crippen molar-refractivity contribution in [3.05, 3.63) is 65.6 Å². The van der Waals surface area contributed by atoms with Crippen molar-refractivity contribution in [2.24, 2.45) is 7.05 Å². The number of fused-ring (bicyclic) bond motifs is 1. The molecule has 1 heterocycles. The average molecular weight is 310 g/mol. The third kappa shape index (κ3) is 2.61. The molecular weight excluding hydrogens is 295 g/mol. The van der Waals surface area contributed by atoms with Crippen LogP contribution in [0.5, 0.6) is 0 Å². The Hall–Kier alpha value is -2.95. The molecule has 0 aliphatic heterocycles. The monoisotopic (exact) mass is 310 g/mol. The first-order valence-corrected chi connectivity index (χ1v) is 7.14. The quantitative estimate of drug-likeness (QED) is 0.595. The molecule has 3 rings (SSSR count). The van der Waals surface area contributed by atoms with E-state index in [1.807, 2.05) is 25.2 Å². The van der Waals surface area contributed by atoms with Gasteiger partial charge in [-0.1, -0.05) is 24.3 Å². The molecule has 0 unspecified atom stereocenters. The molecular formula is C18H15FN2O2. The molecule has 3 aromatic rings. The smallest absolute Gasteiger partial charge is 0.296 e. The Balaban J connectivity index is 1.93. The van der Waals surface area contributed by atoms with E-state index in [9.17, 15) is 14.0 Å². The number of hydrogen-bond acceptors (Lipinski definition) is 2. The fourth-order valence-corrected chi connectivity index (χ4v) is 2.57. The number of rotatable bonds is 3. The fourth-order valence-electron chi connectivity index (χ4n) is 2.57. The number of aryl methyl sites for hydroxylation is 1. The molecule has 5 heteroatoms. The number of hydrogen-bond donors (Lipinski definition) is 1. The van der Waals surface area contributed by atoms with E-state index in [0.29, 0.717) is 22.2 Å². The van der Waals surface area contributed by atoms with Crippen molar-refractivity contribution in [2.75, 3.05) is 5.32 Å². The summed E-state index contributed by atoms with van der Waals surface area (Å²) >= 11 is 0. The van der Waals surface area contributed by atoms with Gasteiger partial charge in [-0.05, 0) is 25.1 Å². The van der Waals surface area contributed by atoms with Gasteiger partial charge < -0.3 is 9.88 Å². The van der Waals surface area contributed by atoms with E-state index < -0.39 is 17.5 Å². The molecule has 0 radical (unpaired) electrons. The van der Waals surface area contributed by atoms with Crippen LogP contribution >= 0.6 is 0 Å². The van der Waals surface area contributed by atoms with Crippen LogP contribution in [0.2, 0.25) is 0 Å². The van der Waals surface area contributed by atoms with E-state index >= 15 is 0 Å². The minimum atomic E-state index is -0.782. The summed E-state index contributed by atoms with van der Waals surface area (Å²) in [6, 6.07) is 11.7. The summed E-state index contributed by atoms with van der Waals surface area (Å²) in [5.74, 6) is -1.86. The molecule has 0 bridgehead atoms. The van der Waals surface area contributed by atoms with Crippen LogP contribution in [0.15, 0.2) is 48.7 Å². The standard InChI is InChI=1S/C18H15FN2O2/c1-11-14(19)7-5-8-15(11)20-18(23)17(22)13-10-21(2)16-9-4-3-6-12(13)16/h3-10H,1-2H3,(H,20,23). The maximum atomic E-state index is 13.5. The second kappa shape index (κ2) is 5.68. The van der Waals surface area contributed by atoms with E-state index in [2.05, 4.69) is 5.32 Å². The SMILES string of the molecule is Cc1c(F)cccc1NC(=O)C(=O)c1cn(C)c2ccccc12. The van der Waals surface area contributed by atoms with Gasteiger partial charge in [-0.15, -0.1) is 0 Å². The summed E-state index contributed by atoms with van der Waals surface area (Å²) in [6.07, 6.45) is 1.63. The highest BCUT2D eigenvalue weighted by molar-refractivity contribution is 6.48. The summed E-state index contributed by atoms with van der Waals surface area (Å²) in [7, 11) is 1.81. The van der Waals surface area contributed by atoms with Crippen molar-refractivity contribution >= 4 is 28.3 Å². The van der Waals surface area contributed by atoms with Crippen molar-refractivity contribution in [3.8, 4) is 0 Å². The highest BCUT2D eigenvalue weighted by Gasteiger charge is 2.21. The zero-order valence-electron chi connectivity index (χ0n) is 12.8. The molecule has 2 aromatic carbocycles. The highest BCUT2D eigenvalue weighted by Crippen LogP contribution is 2.22. The summed E-state index contributed by atoms with van der Waals surface area (Å²) in [4.78, 5) is 24.7. The van der Waals surface area contributed by atoms with Crippen molar-refractivity contribution in [2.45, 2.75) is 6.92 Å². The molecule has 4 nitrogen and oxygen atoms in total. The third-order valence-corrected chi connectivity index (χ3v) is 3.86. The zero-order valence-corrected chi connectivity index (χ0v) is 12.8. The highest BCUT2D eigenvalue weighted by atomic mass is 19.1. The molecule has 1 amide bonds. The van der Waals surface area contributed by atoms with Gasteiger partial charge >= 0.3 is 0 Å². The number of ketones is 1.